The number of nitrogens with zero attached hydrogens (tertiary/aromatic N) is 2. The average molecular weight is 298 g/mol. The Kier molecular flexibility index (Phi) is 2.80. The van der Waals surface area contributed by atoms with Crippen LogP contribution in [0.15, 0.2) is 18.2 Å². The minimum absolute atomic E-state index is 0.0388. The molecular weight excluding hydrogens is 285 g/mol. The molecule has 0 bridgehead atoms. The van der Waals surface area contributed by atoms with Gasteiger partial charge in [-0.25, -0.2) is 9.78 Å². The van der Waals surface area contributed by atoms with Crippen molar-refractivity contribution in [1.29, 1.82) is 0 Å². The number of aromatic nitrogens is 2. The second-order valence-corrected chi connectivity index (χ2v) is 5.22. The fourth-order valence-corrected chi connectivity index (χ4v) is 2.80. The van der Waals surface area contributed by atoms with Crippen LogP contribution in [0.2, 0.25) is 0 Å². The first-order chi connectivity index (χ1) is 9.82. The zero-order chi connectivity index (χ0) is 15.4. The van der Waals surface area contributed by atoms with E-state index in [1.165, 1.54) is 12.1 Å². The molecule has 1 aliphatic carbocycles. The molecule has 1 heterocycles. The molecule has 21 heavy (non-hydrogen) atoms. The lowest BCUT2D eigenvalue weighted by Crippen LogP contribution is -2.36. The Hall–Kier alpha value is -2.05. The summed E-state index contributed by atoms with van der Waals surface area (Å²) in [6.45, 7) is 1.71. The number of imidazole rings is 1. The number of carbonyl (C=O) groups is 1. The van der Waals surface area contributed by atoms with E-state index in [9.17, 15) is 23.1 Å². The summed E-state index contributed by atoms with van der Waals surface area (Å²) in [5.41, 5.74) is -1.78. The summed E-state index contributed by atoms with van der Waals surface area (Å²) in [4.78, 5) is 15.5. The van der Waals surface area contributed by atoms with E-state index in [1.807, 2.05) is 0 Å². The molecule has 3 rings (SSSR count). The van der Waals surface area contributed by atoms with Crippen molar-refractivity contribution in [2.75, 3.05) is 0 Å². The van der Waals surface area contributed by atoms with Crippen molar-refractivity contribution in [1.82, 2.24) is 9.55 Å². The molecule has 0 unspecified atom stereocenters. The Morgan fingerprint density at radius 1 is 1.43 bits per heavy atom. The lowest BCUT2D eigenvalue weighted by molar-refractivity contribution is -0.179. The highest BCUT2D eigenvalue weighted by Crippen LogP contribution is 2.57. The molecule has 1 fully saturated rings. The number of rotatable bonds is 3. The van der Waals surface area contributed by atoms with Crippen LogP contribution in [0, 0.1) is 0 Å². The third kappa shape index (κ3) is 1.83. The molecule has 0 atom stereocenters. The summed E-state index contributed by atoms with van der Waals surface area (Å²) in [5.74, 6) is -0.976. The van der Waals surface area contributed by atoms with Gasteiger partial charge in [0.05, 0.1) is 16.6 Å². The maximum Gasteiger partial charge on any atom is 0.412 e. The molecule has 7 heteroatoms. The van der Waals surface area contributed by atoms with Gasteiger partial charge in [-0.1, -0.05) is 13.0 Å². The SMILES string of the molecule is CCc1nc2cccc(C(=O)O)c2n1C1(C(F)(F)F)CC1. The Labute approximate surface area is 118 Å². The first kappa shape index (κ1) is 13.9. The number of aromatic carboxylic acids is 1. The van der Waals surface area contributed by atoms with Crippen LogP contribution in [-0.4, -0.2) is 26.8 Å². The molecule has 112 valence electrons. The van der Waals surface area contributed by atoms with Gasteiger partial charge in [0.15, 0.2) is 0 Å². The van der Waals surface area contributed by atoms with Crippen LogP contribution in [-0.2, 0) is 12.0 Å². The van der Waals surface area contributed by atoms with Crippen molar-refractivity contribution in [2.24, 2.45) is 0 Å². The van der Waals surface area contributed by atoms with E-state index < -0.39 is 17.7 Å². The fourth-order valence-electron chi connectivity index (χ4n) is 2.80. The maximum absolute atomic E-state index is 13.4. The molecule has 2 aromatic rings. The van der Waals surface area contributed by atoms with Crippen molar-refractivity contribution < 1.29 is 23.1 Å². The van der Waals surface area contributed by atoms with Crippen molar-refractivity contribution in [2.45, 2.75) is 37.9 Å². The zero-order valence-corrected chi connectivity index (χ0v) is 11.2. The number of alkyl halides is 3. The summed E-state index contributed by atoms with van der Waals surface area (Å²) in [7, 11) is 0. The van der Waals surface area contributed by atoms with E-state index in [4.69, 9.17) is 0 Å². The molecule has 1 aromatic carbocycles. The number of para-hydroxylation sites is 1. The highest BCUT2D eigenvalue weighted by molar-refractivity contribution is 6.01. The predicted molar refractivity (Wildman–Crippen MR) is 69.3 cm³/mol. The fraction of sp³-hybridized carbons (Fsp3) is 0.429. The van der Waals surface area contributed by atoms with Crippen molar-refractivity contribution in [3.05, 3.63) is 29.6 Å². The van der Waals surface area contributed by atoms with Crippen molar-refractivity contribution in [3.63, 3.8) is 0 Å². The van der Waals surface area contributed by atoms with Crippen LogP contribution < -0.4 is 0 Å². The summed E-state index contributed by atoms with van der Waals surface area (Å²) in [5, 5.41) is 9.26. The Morgan fingerprint density at radius 2 is 2.10 bits per heavy atom. The average Bonchev–Trinajstić information content (AvgIpc) is 3.13. The Bertz CT molecular complexity index is 730. The molecule has 1 aliphatic rings. The van der Waals surface area contributed by atoms with Gasteiger partial charge in [-0.2, -0.15) is 13.2 Å². The number of halogens is 3. The number of fused-ring (bicyclic) bond motifs is 1. The van der Waals surface area contributed by atoms with Gasteiger partial charge in [0.1, 0.15) is 11.4 Å². The van der Waals surface area contributed by atoms with E-state index in [0.29, 0.717) is 11.9 Å². The van der Waals surface area contributed by atoms with Crippen LogP contribution in [0.1, 0.15) is 35.9 Å². The predicted octanol–water partition coefficient (Wildman–Crippen LogP) is 3.35. The molecule has 0 saturated heterocycles. The second kappa shape index (κ2) is 4.22. The zero-order valence-electron chi connectivity index (χ0n) is 11.2. The molecule has 0 amide bonds. The first-order valence-corrected chi connectivity index (χ1v) is 6.62. The van der Waals surface area contributed by atoms with Gasteiger partial charge in [-0.3, -0.25) is 0 Å². The largest absolute Gasteiger partial charge is 0.478 e. The quantitative estimate of drug-likeness (QED) is 0.945. The van der Waals surface area contributed by atoms with Gasteiger partial charge >= 0.3 is 12.1 Å². The number of benzene rings is 1. The third-order valence-electron chi connectivity index (χ3n) is 3.97. The number of aryl methyl sites for hydroxylation is 1. The Balaban J connectivity index is 2.38. The van der Waals surface area contributed by atoms with E-state index in [-0.39, 0.29) is 29.7 Å². The molecule has 1 aromatic heterocycles. The smallest absolute Gasteiger partial charge is 0.412 e. The van der Waals surface area contributed by atoms with Crippen LogP contribution in [0.4, 0.5) is 13.2 Å². The highest BCUT2D eigenvalue weighted by Gasteiger charge is 2.66. The van der Waals surface area contributed by atoms with E-state index in [0.717, 1.165) is 4.57 Å². The lowest BCUT2D eigenvalue weighted by atomic mass is 10.1. The van der Waals surface area contributed by atoms with Crippen LogP contribution in [0.5, 0.6) is 0 Å². The summed E-state index contributed by atoms with van der Waals surface area (Å²) >= 11 is 0. The highest BCUT2D eigenvalue weighted by atomic mass is 19.4. The minimum Gasteiger partial charge on any atom is -0.478 e. The van der Waals surface area contributed by atoms with Gasteiger partial charge in [0.2, 0.25) is 0 Å². The van der Waals surface area contributed by atoms with Crippen molar-refractivity contribution >= 4 is 17.0 Å². The van der Waals surface area contributed by atoms with E-state index in [2.05, 4.69) is 4.98 Å². The van der Waals surface area contributed by atoms with Gasteiger partial charge in [0, 0.05) is 6.42 Å². The van der Waals surface area contributed by atoms with Gasteiger partial charge < -0.3 is 9.67 Å². The van der Waals surface area contributed by atoms with Crippen LogP contribution >= 0.6 is 0 Å². The molecule has 4 nitrogen and oxygen atoms in total. The third-order valence-corrected chi connectivity index (χ3v) is 3.97. The van der Waals surface area contributed by atoms with Crippen molar-refractivity contribution in [3.8, 4) is 0 Å². The molecular formula is C14H13F3N2O2. The van der Waals surface area contributed by atoms with Crippen LogP contribution in [0.25, 0.3) is 11.0 Å². The lowest BCUT2D eigenvalue weighted by Gasteiger charge is -2.24. The topological polar surface area (TPSA) is 55.1 Å². The molecule has 1 N–H and O–H groups in total. The summed E-state index contributed by atoms with van der Waals surface area (Å²) in [6.07, 6.45) is -4.19. The molecule has 0 radical (unpaired) electrons. The normalized spacial score (nSPS) is 17.1. The van der Waals surface area contributed by atoms with Gasteiger partial charge in [-0.15, -0.1) is 0 Å². The molecule has 0 spiro atoms. The number of hydrogen-bond acceptors (Lipinski definition) is 2. The summed E-state index contributed by atoms with van der Waals surface area (Å²) < 4.78 is 41.4. The monoisotopic (exact) mass is 298 g/mol. The second-order valence-electron chi connectivity index (χ2n) is 5.22. The number of carboxylic acids is 1. The Morgan fingerprint density at radius 3 is 2.57 bits per heavy atom. The molecule has 0 aliphatic heterocycles. The standard InChI is InChI=1S/C14H13F3N2O2/c1-2-10-18-9-5-3-4-8(12(20)21)11(9)19(10)13(6-7-13)14(15,16)17/h3-5H,2,6-7H2,1H3,(H,20,21). The van der Waals surface area contributed by atoms with Gasteiger partial charge in [0.25, 0.3) is 0 Å². The molecule has 1 saturated carbocycles. The number of hydrogen-bond donors (Lipinski definition) is 1. The van der Waals surface area contributed by atoms with E-state index >= 15 is 0 Å². The maximum atomic E-state index is 13.4. The van der Waals surface area contributed by atoms with Crippen LogP contribution in [0.3, 0.4) is 0 Å². The number of carboxylic acid groups (broad SMARTS) is 1. The summed E-state index contributed by atoms with van der Waals surface area (Å²) in [6, 6.07) is 4.36. The van der Waals surface area contributed by atoms with Gasteiger partial charge in [-0.05, 0) is 25.0 Å². The van der Waals surface area contributed by atoms with E-state index in [1.54, 1.807) is 13.0 Å². The first-order valence-electron chi connectivity index (χ1n) is 6.62. The minimum atomic E-state index is -4.42.